The summed E-state index contributed by atoms with van der Waals surface area (Å²) in [6, 6.07) is 7.59. The Labute approximate surface area is 166 Å². The molecule has 1 atom stereocenters. The van der Waals surface area contributed by atoms with Gasteiger partial charge < -0.3 is 15.5 Å². The zero-order valence-electron chi connectivity index (χ0n) is 14.6. The summed E-state index contributed by atoms with van der Waals surface area (Å²) in [7, 11) is 3.41. The van der Waals surface area contributed by atoms with E-state index in [1.54, 1.807) is 14.1 Å². The molecule has 0 aromatic heterocycles. The lowest BCUT2D eigenvalue weighted by Gasteiger charge is -2.20. The number of aliphatic imine (C=N–C) groups is 1. The molecule has 7 heteroatoms. The van der Waals surface area contributed by atoms with E-state index in [1.165, 1.54) is 4.90 Å². The molecule has 1 rings (SSSR count). The third kappa shape index (κ3) is 8.01. The van der Waals surface area contributed by atoms with Crippen molar-refractivity contribution in [3.63, 3.8) is 0 Å². The van der Waals surface area contributed by atoms with Crippen LogP contribution in [0.4, 0.5) is 0 Å². The Balaban J connectivity index is 0.00000529. The normalized spacial score (nSPS) is 12.0. The number of benzene rings is 1. The summed E-state index contributed by atoms with van der Waals surface area (Å²) in [5.41, 5.74) is 1.95. The lowest BCUT2D eigenvalue weighted by atomic mass is 10.1. The molecule has 24 heavy (non-hydrogen) atoms. The van der Waals surface area contributed by atoms with Gasteiger partial charge in [-0.15, -0.1) is 24.0 Å². The largest absolute Gasteiger partial charge is 0.353 e. The Hall–Kier alpha value is -1.28. The quantitative estimate of drug-likeness (QED) is 0.294. The molecule has 0 saturated carbocycles. The SMILES string of the molecule is C=C(C)CNC(=NCC(=O)N(C)C)NC(C)c1ccccc1Cl.I. The Morgan fingerprint density at radius 2 is 2.00 bits per heavy atom. The Kier molecular flexibility index (Phi) is 10.7. The fourth-order valence-corrected chi connectivity index (χ4v) is 2.08. The molecule has 0 bridgehead atoms. The monoisotopic (exact) mass is 464 g/mol. The van der Waals surface area contributed by atoms with Gasteiger partial charge in [0, 0.05) is 25.7 Å². The summed E-state index contributed by atoms with van der Waals surface area (Å²) in [5, 5.41) is 7.12. The van der Waals surface area contributed by atoms with Crippen LogP contribution in [0.25, 0.3) is 0 Å². The standard InChI is InChI=1S/C17H25ClN4O.HI/c1-12(2)10-19-17(20-11-16(23)22(4)5)21-13(3)14-8-6-7-9-15(14)18;/h6-9,13H,1,10-11H2,2-5H3,(H2,19,20,21);1H. The minimum Gasteiger partial charge on any atom is -0.353 e. The fraction of sp³-hybridized carbons (Fsp3) is 0.412. The number of nitrogens with zero attached hydrogens (tertiary/aromatic N) is 2. The second-order valence-electron chi connectivity index (χ2n) is 5.65. The van der Waals surface area contributed by atoms with Crippen LogP contribution in [0.3, 0.4) is 0 Å². The molecule has 0 heterocycles. The predicted molar refractivity (Wildman–Crippen MR) is 112 cm³/mol. The van der Waals surface area contributed by atoms with Crippen molar-refractivity contribution in [2.24, 2.45) is 4.99 Å². The molecule has 1 amide bonds. The van der Waals surface area contributed by atoms with E-state index in [0.29, 0.717) is 17.5 Å². The summed E-state index contributed by atoms with van der Waals surface area (Å²) in [5.74, 6) is 0.488. The molecule has 2 N–H and O–H groups in total. The van der Waals surface area contributed by atoms with Crippen LogP contribution in [0.15, 0.2) is 41.4 Å². The highest BCUT2D eigenvalue weighted by molar-refractivity contribution is 14.0. The summed E-state index contributed by atoms with van der Waals surface area (Å²) >= 11 is 6.22. The Morgan fingerprint density at radius 3 is 2.54 bits per heavy atom. The number of halogens is 2. The topological polar surface area (TPSA) is 56.7 Å². The highest BCUT2D eigenvalue weighted by atomic mass is 127. The molecular weight excluding hydrogens is 439 g/mol. The number of hydrogen-bond acceptors (Lipinski definition) is 2. The molecule has 0 radical (unpaired) electrons. The fourth-order valence-electron chi connectivity index (χ4n) is 1.78. The van der Waals surface area contributed by atoms with Gasteiger partial charge in [-0.1, -0.05) is 42.0 Å². The van der Waals surface area contributed by atoms with Crippen LogP contribution in [-0.2, 0) is 4.79 Å². The first-order chi connectivity index (χ1) is 10.8. The zero-order valence-corrected chi connectivity index (χ0v) is 17.7. The Morgan fingerprint density at radius 1 is 1.38 bits per heavy atom. The second kappa shape index (κ2) is 11.3. The van der Waals surface area contributed by atoms with Crippen molar-refractivity contribution in [1.29, 1.82) is 0 Å². The van der Waals surface area contributed by atoms with Crippen LogP contribution < -0.4 is 10.6 Å². The van der Waals surface area contributed by atoms with E-state index in [1.807, 2.05) is 38.1 Å². The van der Waals surface area contributed by atoms with Crippen molar-refractivity contribution in [3.05, 3.63) is 47.0 Å². The van der Waals surface area contributed by atoms with Crippen LogP contribution in [0.1, 0.15) is 25.5 Å². The number of nitrogens with one attached hydrogen (secondary N) is 2. The van der Waals surface area contributed by atoms with E-state index in [4.69, 9.17) is 11.6 Å². The molecule has 0 aliphatic heterocycles. The Bertz CT molecular complexity index is 590. The maximum absolute atomic E-state index is 11.7. The highest BCUT2D eigenvalue weighted by Crippen LogP contribution is 2.21. The van der Waals surface area contributed by atoms with Gasteiger partial charge in [-0.05, 0) is 25.5 Å². The van der Waals surface area contributed by atoms with E-state index in [9.17, 15) is 4.79 Å². The van der Waals surface area contributed by atoms with Gasteiger partial charge in [0.1, 0.15) is 6.54 Å². The number of guanidine groups is 1. The van der Waals surface area contributed by atoms with Gasteiger partial charge in [0.2, 0.25) is 5.91 Å². The van der Waals surface area contributed by atoms with E-state index in [2.05, 4.69) is 22.2 Å². The molecule has 134 valence electrons. The van der Waals surface area contributed by atoms with Gasteiger partial charge in [0.25, 0.3) is 0 Å². The molecule has 0 saturated heterocycles. The number of rotatable bonds is 6. The lowest BCUT2D eigenvalue weighted by molar-refractivity contribution is -0.127. The summed E-state index contributed by atoms with van der Waals surface area (Å²) in [6.07, 6.45) is 0. The van der Waals surface area contributed by atoms with Crippen molar-refractivity contribution >= 4 is 47.4 Å². The van der Waals surface area contributed by atoms with Crippen LogP contribution in [0.5, 0.6) is 0 Å². The third-order valence-corrected chi connectivity index (χ3v) is 3.50. The van der Waals surface area contributed by atoms with E-state index in [-0.39, 0.29) is 42.5 Å². The maximum Gasteiger partial charge on any atom is 0.243 e. The summed E-state index contributed by atoms with van der Waals surface area (Å²) in [6.45, 7) is 8.43. The van der Waals surface area contributed by atoms with E-state index in [0.717, 1.165) is 11.1 Å². The number of likely N-dealkylation sites (N-methyl/N-ethyl adjacent to an activating group) is 1. The van der Waals surface area contributed by atoms with Crippen molar-refractivity contribution in [2.75, 3.05) is 27.2 Å². The highest BCUT2D eigenvalue weighted by Gasteiger charge is 2.12. The van der Waals surface area contributed by atoms with Crippen molar-refractivity contribution in [2.45, 2.75) is 19.9 Å². The third-order valence-electron chi connectivity index (χ3n) is 3.15. The predicted octanol–water partition coefficient (Wildman–Crippen LogP) is 3.22. The summed E-state index contributed by atoms with van der Waals surface area (Å²) < 4.78 is 0. The maximum atomic E-state index is 11.7. The average molecular weight is 465 g/mol. The number of amides is 1. The van der Waals surface area contributed by atoms with Gasteiger partial charge in [-0.25, -0.2) is 4.99 Å². The first-order valence-electron chi connectivity index (χ1n) is 7.45. The van der Waals surface area contributed by atoms with Crippen LogP contribution in [-0.4, -0.2) is 44.0 Å². The summed E-state index contributed by atoms with van der Waals surface area (Å²) in [4.78, 5) is 17.6. The van der Waals surface area contributed by atoms with E-state index < -0.39 is 0 Å². The van der Waals surface area contributed by atoms with Crippen LogP contribution in [0, 0.1) is 0 Å². The molecule has 1 unspecified atom stereocenters. The van der Waals surface area contributed by atoms with Gasteiger partial charge >= 0.3 is 0 Å². The zero-order chi connectivity index (χ0) is 17.4. The van der Waals surface area contributed by atoms with Gasteiger partial charge in [-0.2, -0.15) is 0 Å². The molecule has 0 fully saturated rings. The number of carbonyl (C=O) groups is 1. The van der Waals surface area contributed by atoms with Crippen molar-refractivity contribution in [3.8, 4) is 0 Å². The molecule has 5 nitrogen and oxygen atoms in total. The smallest absolute Gasteiger partial charge is 0.243 e. The average Bonchev–Trinajstić information content (AvgIpc) is 2.49. The second-order valence-corrected chi connectivity index (χ2v) is 6.06. The molecule has 1 aromatic rings. The van der Waals surface area contributed by atoms with E-state index >= 15 is 0 Å². The van der Waals surface area contributed by atoms with Gasteiger partial charge in [-0.3, -0.25) is 4.79 Å². The van der Waals surface area contributed by atoms with Crippen molar-refractivity contribution in [1.82, 2.24) is 15.5 Å². The molecule has 0 aliphatic carbocycles. The van der Waals surface area contributed by atoms with Gasteiger partial charge in [0.05, 0.1) is 6.04 Å². The number of carbonyl (C=O) groups excluding carboxylic acids is 1. The van der Waals surface area contributed by atoms with Gasteiger partial charge in [0.15, 0.2) is 5.96 Å². The molecule has 0 spiro atoms. The first-order valence-corrected chi connectivity index (χ1v) is 7.83. The minimum atomic E-state index is -0.0631. The first kappa shape index (κ1) is 22.7. The molecule has 0 aliphatic rings. The lowest BCUT2D eigenvalue weighted by Crippen LogP contribution is -2.40. The van der Waals surface area contributed by atoms with Crippen LogP contribution >= 0.6 is 35.6 Å². The number of hydrogen-bond donors (Lipinski definition) is 2. The van der Waals surface area contributed by atoms with Crippen LogP contribution in [0.2, 0.25) is 5.02 Å². The minimum absolute atomic E-state index is 0. The molecular formula is C17H26ClIN4O. The van der Waals surface area contributed by atoms with Crippen molar-refractivity contribution < 1.29 is 4.79 Å². The molecule has 1 aromatic carbocycles.